The van der Waals surface area contributed by atoms with Crippen molar-refractivity contribution >= 4 is 17.5 Å². The van der Waals surface area contributed by atoms with Crippen LogP contribution < -0.4 is 5.32 Å². The van der Waals surface area contributed by atoms with Crippen LogP contribution in [0.15, 0.2) is 41.2 Å². The summed E-state index contributed by atoms with van der Waals surface area (Å²) in [6, 6.07) is 6.99. The first-order valence-electron chi connectivity index (χ1n) is 5.68. The van der Waals surface area contributed by atoms with E-state index in [4.69, 9.17) is 16.1 Å². The highest BCUT2D eigenvalue weighted by Gasteiger charge is 2.08. The molecule has 0 fully saturated rings. The Morgan fingerprint density at radius 1 is 1.39 bits per heavy atom. The van der Waals surface area contributed by atoms with Crippen LogP contribution in [0.4, 0.5) is 0 Å². The van der Waals surface area contributed by atoms with Gasteiger partial charge in [0.05, 0.1) is 16.8 Å². The second kappa shape index (κ2) is 6.21. The van der Waals surface area contributed by atoms with E-state index in [0.29, 0.717) is 17.1 Å². The van der Waals surface area contributed by atoms with Crippen molar-refractivity contribution in [3.63, 3.8) is 0 Å². The highest BCUT2D eigenvalue weighted by molar-refractivity contribution is 6.33. The average molecular weight is 265 g/mol. The molecule has 0 radical (unpaired) electrons. The molecule has 5 heteroatoms. The van der Waals surface area contributed by atoms with E-state index < -0.39 is 0 Å². The van der Waals surface area contributed by atoms with Gasteiger partial charge in [-0.2, -0.15) is 0 Å². The number of aromatic nitrogens is 1. The molecule has 1 N–H and O–H groups in total. The molecule has 0 aliphatic rings. The number of halogens is 1. The molecule has 2 aromatic rings. The Labute approximate surface area is 110 Å². The van der Waals surface area contributed by atoms with E-state index in [9.17, 15) is 4.79 Å². The first kappa shape index (κ1) is 12.6. The number of carbonyl (C=O) groups excluding carboxylic acids is 1. The summed E-state index contributed by atoms with van der Waals surface area (Å²) >= 11 is 5.93. The van der Waals surface area contributed by atoms with E-state index in [1.54, 1.807) is 36.7 Å². The number of benzene rings is 1. The predicted molar refractivity (Wildman–Crippen MR) is 68.6 cm³/mol. The highest BCUT2D eigenvalue weighted by atomic mass is 35.5. The molecular weight excluding hydrogens is 252 g/mol. The predicted octanol–water partition coefficient (Wildman–Crippen LogP) is 2.69. The lowest BCUT2D eigenvalue weighted by molar-refractivity contribution is 0.0953. The molecule has 0 unspecified atom stereocenters. The van der Waals surface area contributed by atoms with E-state index in [0.717, 1.165) is 18.4 Å². The topological polar surface area (TPSA) is 55.1 Å². The minimum atomic E-state index is -0.147. The lowest BCUT2D eigenvalue weighted by Gasteiger charge is -2.05. The Kier molecular flexibility index (Phi) is 4.36. The largest absolute Gasteiger partial charge is 0.364 e. The zero-order chi connectivity index (χ0) is 12.8. The molecule has 0 aliphatic carbocycles. The number of hydrogen-bond acceptors (Lipinski definition) is 3. The maximum Gasteiger partial charge on any atom is 0.252 e. The van der Waals surface area contributed by atoms with E-state index in [2.05, 4.69) is 10.5 Å². The Balaban J connectivity index is 1.77. The second-order valence-corrected chi connectivity index (χ2v) is 4.28. The first-order chi connectivity index (χ1) is 8.77. The Morgan fingerprint density at radius 2 is 2.22 bits per heavy atom. The monoisotopic (exact) mass is 264 g/mol. The van der Waals surface area contributed by atoms with Gasteiger partial charge in [0.1, 0.15) is 6.26 Å². The number of aryl methyl sites for hydroxylation is 1. The molecule has 1 heterocycles. The fraction of sp³-hybridized carbons (Fsp3) is 0.231. The van der Waals surface area contributed by atoms with Crippen molar-refractivity contribution in [2.45, 2.75) is 12.8 Å². The van der Waals surface area contributed by atoms with Crippen molar-refractivity contribution in [3.8, 4) is 0 Å². The number of nitrogens with one attached hydrogen (secondary N) is 1. The smallest absolute Gasteiger partial charge is 0.252 e. The third-order valence-corrected chi connectivity index (χ3v) is 2.86. The molecule has 1 aromatic heterocycles. The van der Waals surface area contributed by atoms with E-state index in [-0.39, 0.29) is 5.91 Å². The van der Waals surface area contributed by atoms with Crippen LogP contribution in [-0.2, 0) is 6.42 Å². The van der Waals surface area contributed by atoms with Crippen LogP contribution in [-0.4, -0.2) is 17.6 Å². The van der Waals surface area contributed by atoms with Crippen LogP contribution >= 0.6 is 11.6 Å². The third-order valence-electron chi connectivity index (χ3n) is 2.53. The van der Waals surface area contributed by atoms with Gasteiger partial charge in [0.2, 0.25) is 0 Å². The van der Waals surface area contributed by atoms with Crippen molar-refractivity contribution in [2.24, 2.45) is 0 Å². The minimum Gasteiger partial charge on any atom is -0.364 e. The molecule has 0 bridgehead atoms. The summed E-state index contributed by atoms with van der Waals surface area (Å²) in [4.78, 5) is 11.8. The summed E-state index contributed by atoms with van der Waals surface area (Å²) in [5.41, 5.74) is 1.53. The highest BCUT2D eigenvalue weighted by Crippen LogP contribution is 2.14. The first-order valence-corrected chi connectivity index (χ1v) is 6.06. The molecule has 0 saturated carbocycles. The third kappa shape index (κ3) is 3.34. The number of rotatable bonds is 5. The molecule has 94 valence electrons. The lowest BCUT2D eigenvalue weighted by Crippen LogP contribution is -2.25. The Hall–Kier alpha value is -1.81. The van der Waals surface area contributed by atoms with Gasteiger partial charge in [0.15, 0.2) is 0 Å². The van der Waals surface area contributed by atoms with Gasteiger partial charge >= 0.3 is 0 Å². The maximum atomic E-state index is 11.8. The van der Waals surface area contributed by atoms with Crippen LogP contribution in [0.3, 0.4) is 0 Å². The Morgan fingerprint density at radius 3 is 2.94 bits per heavy atom. The van der Waals surface area contributed by atoms with Gasteiger partial charge in [0.25, 0.3) is 5.91 Å². The molecule has 1 amide bonds. The van der Waals surface area contributed by atoms with Crippen LogP contribution in [0.1, 0.15) is 22.3 Å². The average Bonchev–Trinajstić information content (AvgIpc) is 2.88. The summed E-state index contributed by atoms with van der Waals surface area (Å²) in [7, 11) is 0. The van der Waals surface area contributed by atoms with Crippen molar-refractivity contribution in [3.05, 3.63) is 52.9 Å². The zero-order valence-corrected chi connectivity index (χ0v) is 10.5. The summed E-state index contributed by atoms with van der Waals surface area (Å²) < 4.78 is 4.72. The van der Waals surface area contributed by atoms with E-state index in [1.165, 1.54) is 0 Å². The second-order valence-electron chi connectivity index (χ2n) is 3.87. The van der Waals surface area contributed by atoms with Crippen LogP contribution in [0, 0.1) is 0 Å². The van der Waals surface area contributed by atoms with Crippen molar-refractivity contribution in [1.29, 1.82) is 0 Å². The van der Waals surface area contributed by atoms with Crippen LogP contribution in [0.2, 0.25) is 5.02 Å². The standard InChI is InChI=1S/C13H13ClN2O2/c14-12-6-2-1-5-11(12)13(17)15-7-3-4-10-8-16-18-9-10/h1-2,5-6,8-9H,3-4,7H2,(H,15,17). The molecule has 1 aromatic carbocycles. The molecule has 0 saturated heterocycles. The van der Waals surface area contributed by atoms with Crippen molar-refractivity contribution in [2.75, 3.05) is 6.54 Å². The normalized spacial score (nSPS) is 10.3. The van der Waals surface area contributed by atoms with Crippen molar-refractivity contribution < 1.29 is 9.32 Å². The van der Waals surface area contributed by atoms with Gasteiger partial charge in [-0.05, 0) is 25.0 Å². The van der Waals surface area contributed by atoms with Gasteiger partial charge < -0.3 is 9.84 Å². The van der Waals surface area contributed by atoms with E-state index in [1.807, 2.05) is 0 Å². The molecule has 18 heavy (non-hydrogen) atoms. The van der Waals surface area contributed by atoms with E-state index >= 15 is 0 Å². The van der Waals surface area contributed by atoms with Crippen LogP contribution in [0.25, 0.3) is 0 Å². The maximum absolute atomic E-state index is 11.8. The molecule has 4 nitrogen and oxygen atoms in total. The quantitative estimate of drug-likeness (QED) is 0.845. The number of carbonyl (C=O) groups is 1. The number of nitrogens with zero attached hydrogens (tertiary/aromatic N) is 1. The SMILES string of the molecule is O=C(NCCCc1cnoc1)c1ccccc1Cl. The van der Waals surface area contributed by atoms with Gasteiger partial charge in [-0.1, -0.05) is 28.9 Å². The molecular formula is C13H13ClN2O2. The summed E-state index contributed by atoms with van der Waals surface area (Å²) in [6.07, 6.45) is 4.94. The molecule has 0 aliphatic heterocycles. The number of hydrogen-bond donors (Lipinski definition) is 1. The Bertz CT molecular complexity index is 511. The fourth-order valence-corrected chi connectivity index (χ4v) is 1.81. The summed E-state index contributed by atoms with van der Waals surface area (Å²) in [5.74, 6) is -0.147. The molecule has 2 rings (SSSR count). The van der Waals surface area contributed by atoms with Crippen LogP contribution in [0.5, 0.6) is 0 Å². The summed E-state index contributed by atoms with van der Waals surface area (Å²) in [5, 5.41) is 6.91. The van der Waals surface area contributed by atoms with Gasteiger partial charge in [-0.15, -0.1) is 0 Å². The number of amides is 1. The fourth-order valence-electron chi connectivity index (χ4n) is 1.59. The van der Waals surface area contributed by atoms with Gasteiger partial charge in [0, 0.05) is 12.1 Å². The van der Waals surface area contributed by atoms with Crippen molar-refractivity contribution in [1.82, 2.24) is 10.5 Å². The molecule has 0 spiro atoms. The lowest BCUT2D eigenvalue weighted by atomic mass is 10.2. The zero-order valence-electron chi connectivity index (χ0n) is 9.73. The van der Waals surface area contributed by atoms with Gasteiger partial charge in [-0.3, -0.25) is 4.79 Å². The molecule has 0 atom stereocenters. The summed E-state index contributed by atoms with van der Waals surface area (Å²) in [6.45, 7) is 0.592. The van der Waals surface area contributed by atoms with Gasteiger partial charge in [-0.25, -0.2) is 0 Å². The minimum absolute atomic E-state index is 0.147.